The first-order valence-electron chi connectivity index (χ1n) is 6.74. The van der Waals surface area contributed by atoms with E-state index in [0.717, 1.165) is 5.69 Å². The predicted octanol–water partition coefficient (Wildman–Crippen LogP) is 2.73. The van der Waals surface area contributed by atoms with E-state index in [1.807, 2.05) is 6.92 Å². The van der Waals surface area contributed by atoms with E-state index in [9.17, 15) is 14.9 Å². The third-order valence-electron chi connectivity index (χ3n) is 2.91. The van der Waals surface area contributed by atoms with Crippen molar-refractivity contribution in [2.45, 2.75) is 6.92 Å². The number of carbonyl (C=O) groups excluding carboxylic acids is 1. The van der Waals surface area contributed by atoms with Crippen LogP contribution in [0, 0.1) is 17.0 Å². The number of aryl methyl sites for hydroxylation is 1. The minimum atomic E-state index is -0.455. The van der Waals surface area contributed by atoms with Crippen LogP contribution >= 0.6 is 0 Å². The van der Waals surface area contributed by atoms with E-state index in [1.54, 1.807) is 36.4 Å². The molecular weight excluding hydrogens is 296 g/mol. The van der Waals surface area contributed by atoms with Crippen molar-refractivity contribution in [2.75, 3.05) is 0 Å². The van der Waals surface area contributed by atoms with Crippen LogP contribution in [0.1, 0.15) is 21.6 Å². The number of para-hydroxylation sites is 1. The molecule has 1 heterocycles. The lowest BCUT2D eigenvalue weighted by Gasteiger charge is -1.98. The zero-order chi connectivity index (χ0) is 16.7. The van der Waals surface area contributed by atoms with Gasteiger partial charge in [0, 0.05) is 24.2 Å². The van der Waals surface area contributed by atoms with Crippen molar-refractivity contribution < 1.29 is 9.72 Å². The topological polar surface area (TPSA) is 97.5 Å². The molecule has 0 radical (unpaired) electrons. The van der Waals surface area contributed by atoms with Crippen LogP contribution in [-0.4, -0.2) is 22.0 Å². The Hall–Kier alpha value is -3.35. The smallest absolute Gasteiger partial charge is 0.267 e. The van der Waals surface area contributed by atoms with Gasteiger partial charge in [-0.05, 0) is 37.3 Å². The van der Waals surface area contributed by atoms with Crippen LogP contribution in [0.5, 0.6) is 0 Å². The second-order valence-electron chi connectivity index (χ2n) is 4.58. The van der Waals surface area contributed by atoms with Gasteiger partial charge in [-0.2, -0.15) is 5.10 Å². The number of hydrogen-bond acceptors (Lipinski definition) is 5. The van der Waals surface area contributed by atoms with Gasteiger partial charge < -0.3 is 0 Å². The molecule has 0 saturated carbocycles. The van der Waals surface area contributed by atoms with Crippen molar-refractivity contribution in [3.05, 3.63) is 75.6 Å². The van der Waals surface area contributed by atoms with Crippen LogP contribution in [-0.2, 0) is 0 Å². The minimum Gasteiger partial charge on any atom is -0.267 e. The second-order valence-corrected chi connectivity index (χ2v) is 4.58. The molecule has 23 heavy (non-hydrogen) atoms. The van der Waals surface area contributed by atoms with Crippen LogP contribution in [0.15, 0.2) is 53.8 Å². The number of nitro groups is 1. The highest BCUT2D eigenvalue weighted by Gasteiger charge is 2.08. The van der Waals surface area contributed by atoms with Crippen LogP contribution in [0.2, 0.25) is 0 Å². The van der Waals surface area contributed by atoms with E-state index in [4.69, 9.17) is 0 Å². The molecule has 0 unspecified atom stereocenters. The summed E-state index contributed by atoms with van der Waals surface area (Å²) in [7, 11) is 0. The average molecular weight is 310 g/mol. The Balaban J connectivity index is 1.95. The Kier molecular flexibility index (Phi) is 5.30. The first-order chi connectivity index (χ1) is 11.1. The van der Waals surface area contributed by atoms with Gasteiger partial charge in [0.25, 0.3) is 11.6 Å². The molecule has 0 aliphatic carbocycles. The molecule has 1 aromatic heterocycles. The molecule has 2 aromatic rings. The molecular formula is C16H14N4O3. The number of aromatic nitrogens is 1. The van der Waals surface area contributed by atoms with Gasteiger partial charge >= 0.3 is 0 Å². The zero-order valence-electron chi connectivity index (χ0n) is 12.3. The van der Waals surface area contributed by atoms with Crippen molar-refractivity contribution in [3.8, 4) is 0 Å². The lowest BCUT2D eigenvalue weighted by atomic mass is 10.2. The molecule has 0 saturated heterocycles. The number of nitrogens with zero attached hydrogens (tertiary/aromatic N) is 3. The fourth-order valence-electron chi connectivity index (χ4n) is 1.75. The Labute approximate surface area is 132 Å². The fourth-order valence-corrected chi connectivity index (χ4v) is 1.75. The van der Waals surface area contributed by atoms with Gasteiger partial charge in [0.2, 0.25) is 0 Å². The highest BCUT2D eigenvalue weighted by atomic mass is 16.6. The number of benzene rings is 1. The van der Waals surface area contributed by atoms with Crippen molar-refractivity contribution in [3.63, 3.8) is 0 Å². The van der Waals surface area contributed by atoms with Crippen molar-refractivity contribution in [1.29, 1.82) is 0 Å². The number of hydrogen-bond donors (Lipinski definition) is 1. The van der Waals surface area contributed by atoms with Gasteiger partial charge in [-0.15, -0.1) is 0 Å². The van der Waals surface area contributed by atoms with Gasteiger partial charge in [-0.3, -0.25) is 19.9 Å². The lowest BCUT2D eigenvalue weighted by Crippen LogP contribution is -2.17. The number of carbonyl (C=O) groups is 1. The molecule has 7 nitrogen and oxygen atoms in total. The number of pyridine rings is 1. The molecule has 0 fully saturated rings. The summed E-state index contributed by atoms with van der Waals surface area (Å²) in [6.07, 6.45) is 5.86. The standard InChI is InChI=1S/C16H14N4O3/c1-12-8-9-14(11-17-12)16(21)19-18-10-4-6-13-5-2-3-7-15(13)20(22)23/h2-11H,1H3,(H,19,21)/b6-4+,18-10?. The predicted molar refractivity (Wildman–Crippen MR) is 87.1 cm³/mol. The summed E-state index contributed by atoms with van der Waals surface area (Å²) in [5, 5.41) is 14.6. The monoisotopic (exact) mass is 310 g/mol. The molecule has 116 valence electrons. The molecule has 0 bridgehead atoms. The highest BCUT2D eigenvalue weighted by molar-refractivity contribution is 5.94. The Bertz CT molecular complexity index is 767. The van der Waals surface area contributed by atoms with Gasteiger partial charge in [0.1, 0.15) is 0 Å². The van der Waals surface area contributed by atoms with Crippen molar-refractivity contribution in [1.82, 2.24) is 10.4 Å². The molecule has 1 aromatic carbocycles. The first-order valence-corrected chi connectivity index (χ1v) is 6.74. The zero-order valence-corrected chi connectivity index (χ0v) is 12.3. The lowest BCUT2D eigenvalue weighted by molar-refractivity contribution is -0.385. The van der Waals surface area contributed by atoms with Gasteiger partial charge in [-0.1, -0.05) is 12.1 Å². The average Bonchev–Trinajstić information content (AvgIpc) is 2.55. The normalized spacial score (nSPS) is 11.0. The van der Waals surface area contributed by atoms with E-state index in [1.165, 1.54) is 24.6 Å². The molecule has 7 heteroatoms. The van der Waals surface area contributed by atoms with Gasteiger partial charge in [0.05, 0.1) is 16.1 Å². The first kappa shape index (κ1) is 16.0. The van der Waals surface area contributed by atoms with Crippen molar-refractivity contribution >= 4 is 23.9 Å². The Morgan fingerprint density at radius 1 is 1.30 bits per heavy atom. The summed E-state index contributed by atoms with van der Waals surface area (Å²) in [4.78, 5) is 26.2. The van der Waals surface area contributed by atoms with Crippen LogP contribution < -0.4 is 5.43 Å². The maximum atomic E-state index is 11.8. The Morgan fingerprint density at radius 3 is 2.78 bits per heavy atom. The molecule has 0 spiro atoms. The van der Waals surface area contributed by atoms with E-state index in [0.29, 0.717) is 11.1 Å². The third-order valence-corrected chi connectivity index (χ3v) is 2.91. The van der Waals surface area contributed by atoms with Crippen molar-refractivity contribution in [2.24, 2.45) is 5.10 Å². The van der Waals surface area contributed by atoms with E-state index < -0.39 is 4.92 Å². The summed E-state index contributed by atoms with van der Waals surface area (Å²) in [5.74, 6) is -0.382. The number of rotatable bonds is 5. The summed E-state index contributed by atoms with van der Waals surface area (Å²) in [6.45, 7) is 1.83. The van der Waals surface area contributed by atoms with Crippen LogP contribution in [0.25, 0.3) is 6.08 Å². The molecule has 2 rings (SSSR count). The molecule has 1 N–H and O–H groups in total. The highest BCUT2D eigenvalue weighted by Crippen LogP contribution is 2.18. The van der Waals surface area contributed by atoms with E-state index >= 15 is 0 Å². The molecule has 1 amide bonds. The summed E-state index contributed by atoms with van der Waals surface area (Å²) in [6, 6.07) is 9.72. The number of nitro benzene ring substituents is 1. The molecule has 0 atom stereocenters. The summed E-state index contributed by atoms with van der Waals surface area (Å²) < 4.78 is 0. The van der Waals surface area contributed by atoms with E-state index in [2.05, 4.69) is 15.5 Å². The summed E-state index contributed by atoms with van der Waals surface area (Å²) in [5.41, 5.74) is 4.03. The second kappa shape index (κ2) is 7.60. The largest absolute Gasteiger partial charge is 0.276 e. The number of allylic oxidation sites excluding steroid dienone is 1. The number of amides is 1. The quantitative estimate of drug-likeness (QED) is 0.521. The molecule has 0 aliphatic heterocycles. The minimum absolute atomic E-state index is 0.00640. The Morgan fingerprint density at radius 2 is 2.09 bits per heavy atom. The fraction of sp³-hybridized carbons (Fsp3) is 0.0625. The maximum Gasteiger partial charge on any atom is 0.276 e. The van der Waals surface area contributed by atoms with Crippen LogP contribution in [0.3, 0.4) is 0 Å². The van der Waals surface area contributed by atoms with E-state index in [-0.39, 0.29) is 11.6 Å². The molecule has 0 aliphatic rings. The van der Waals surface area contributed by atoms with Gasteiger partial charge in [0.15, 0.2) is 0 Å². The number of hydrazone groups is 1. The third kappa shape index (κ3) is 4.57. The van der Waals surface area contributed by atoms with Crippen LogP contribution in [0.4, 0.5) is 5.69 Å². The SMILES string of the molecule is Cc1ccc(C(=O)NN=C/C=C/c2ccccc2[N+](=O)[O-])cn1. The maximum absolute atomic E-state index is 11.8. The van der Waals surface area contributed by atoms with Gasteiger partial charge in [-0.25, -0.2) is 5.43 Å². The number of nitrogens with one attached hydrogen (secondary N) is 1. The summed E-state index contributed by atoms with van der Waals surface area (Å²) >= 11 is 0.